The molecule has 0 spiro atoms. The molecule has 1 fully saturated rings. The highest BCUT2D eigenvalue weighted by Gasteiger charge is 2.17. The second-order valence-electron chi connectivity index (χ2n) is 4.07. The second kappa shape index (κ2) is 5.58. The molecule has 2 N–H and O–H groups in total. The molecule has 1 unspecified atom stereocenters. The lowest BCUT2D eigenvalue weighted by molar-refractivity contribution is 0.00449. The lowest BCUT2D eigenvalue weighted by Crippen LogP contribution is -2.41. The van der Waals surface area contributed by atoms with Crippen LogP contribution in [0.1, 0.15) is 33.1 Å². The molecule has 3 heteroatoms. The molecule has 0 aromatic heterocycles. The first kappa shape index (κ1) is 11.0. The normalized spacial score (nSPS) is 20.3. The Morgan fingerprint density at radius 3 is 2.62 bits per heavy atom. The van der Waals surface area contributed by atoms with Crippen molar-refractivity contribution in [2.45, 2.75) is 51.4 Å². The van der Waals surface area contributed by atoms with Crippen LogP contribution in [0, 0.1) is 0 Å². The highest BCUT2D eigenvalue weighted by molar-refractivity contribution is 4.77. The van der Waals surface area contributed by atoms with Crippen LogP contribution in [0.15, 0.2) is 0 Å². The Balaban J connectivity index is 1.93. The van der Waals surface area contributed by atoms with Crippen LogP contribution >= 0.6 is 0 Å². The lowest BCUT2D eigenvalue weighted by Gasteiger charge is -2.27. The monoisotopic (exact) mass is 187 g/mol. The van der Waals surface area contributed by atoms with Gasteiger partial charge in [0.1, 0.15) is 0 Å². The second-order valence-corrected chi connectivity index (χ2v) is 4.07. The Labute approximate surface area is 80.5 Å². The third kappa shape index (κ3) is 4.60. The summed E-state index contributed by atoms with van der Waals surface area (Å²) in [6, 6.07) is 0.647. The summed E-state index contributed by atoms with van der Waals surface area (Å²) in [5.41, 5.74) is 0. The fourth-order valence-corrected chi connectivity index (χ4v) is 1.28. The molecule has 1 saturated carbocycles. The van der Waals surface area contributed by atoms with Gasteiger partial charge < -0.3 is 15.2 Å². The highest BCUT2D eigenvalue weighted by atomic mass is 16.5. The van der Waals surface area contributed by atoms with Crippen molar-refractivity contribution in [3.63, 3.8) is 0 Å². The van der Waals surface area contributed by atoms with Crippen molar-refractivity contribution in [3.05, 3.63) is 0 Å². The smallest absolute Gasteiger partial charge is 0.0897 e. The molecule has 0 saturated heterocycles. The maximum absolute atomic E-state index is 9.48. The van der Waals surface area contributed by atoms with Crippen molar-refractivity contribution in [3.8, 4) is 0 Å². The van der Waals surface area contributed by atoms with Crippen molar-refractivity contribution in [2.24, 2.45) is 0 Å². The first-order chi connectivity index (χ1) is 6.18. The van der Waals surface area contributed by atoms with E-state index >= 15 is 0 Å². The number of ether oxygens (including phenoxy) is 1. The maximum atomic E-state index is 9.48. The molecular formula is C10H21NO2. The summed E-state index contributed by atoms with van der Waals surface area (Å²) in [5.74, 6) is 0. The van der Waals surface area contributed by atoms with Gasteiger partial charge in [0, 0.05) is 12.6 Å². The van der Waals surface area contributed by atoms with E-state index in [9.17, 15) is 5.11 Å². The SMILES string of the molecule is CC(C)OCC(O)CNC1CCC1. The Kier molecular flexibility index (Phi) is 4.70. The van der Waals surface area contributed by atoms with E-state index in [4.69, 9.17) is 4.74 Å². The van der Waals surface area contributed by atoms with Crippen LogP contribution < -0.4 is 5.32 Å². The van der Waals surface area contributed by atoms with Crippen LogP contribution in [0.25, 0.3) is 0 Å². The molecule has 0 amide bonds. The van der Waals surface area contributed by atoms with Crippen molar-refractivity contribution in [1.82, 2.24) is 5.32 Å². The highest BCUT2D eigenvalue weighted by Crippen LogP contribution is 2.17. The first-order valence-electron chi connectivity index (χ1n) is 5.21. The number of hydrogen-bond acceptors (Lipinski definition) is 3. The van der Waals surface area contributed by atoms with Crippen LogP contribution in [0.3, 0.4) is 0 Å². The Hall–Kier alpha value is -0.120. The molecule has 0 aromatic rings. The molecule has 0 aliphatic heterocycles. The van der Waals surface area contributed by atoms with Gasteiger partial charge in [0.25, 0.3) is 0 Å². The summed E-state index contributed by atoms with van der Waals surface area (Å²) < 4.78 is 5.30. The number of aliphatic hydroxyl groups is 1. The molecule has 1 aliphatic rings. The molecule has 0 aromatic carbocycles. The van der Waals surface area contributed by atoms with E-state index in [0.29, 0.717) is 19.2 Å². The molecule has 1 rings (SSSR count). The first-order valence-corrected chi connectivity index (χ1v) is 5.21. The Morgan fingerprint density at radius 2 is 2.15 bits per heavy atom. The van der Waals surface area contributed by atoms with Crippen LogP contribution in [0.4, 0.5) is 0 Å². The molecule has 78 valence electrons. The van der Waals surface area contributed by atoms with Crippen molar-refractivity contribution in [1.29, 1.82) is 0 Å². The molecule has 1 atom stereocenters. The zero-order valence-electron chi connectivity index (χ0n) is 8.62. The third-order valence-electron chi connectivity index (χ3n) is 2.37. The van der Waals surface area contributed by atoms with Crippen LogP contribution in [-0.2, 0) is 4.74 Å². The molecule has 0 bridgehead atoms. The van der Waals surface area contributed by atoms with E-state index in [1.807, 2.05) is 13.8 Å². The maximum Gasteiger partial charge on any atom is 0.0897 e. The van der Waals surface area contributed by atoms with E-state index in [-0.39, 0.29) is 12.2 Å². The fraction of sp³-hybridized carbons (Fsp3) is 1.00. The average molecular weight is 187 g/mol. The Morgan fingerprint density at radius 1 is 1.46 bits per heavy atom. The predicted molar refractivity (Wildman–Crippen MR) is 52.7 cm³/mol. The van der Waals surface area contributed by atoms with Crippen molar-refractivity contribution in [2.75, 3.05) is 13.2 Å². The lowest BCUT2D eigenvalue weighted by atomic mass is 9.93. The summed E-state index contributed by atoms with van der Waals surface area (Å²) in [4.78, 5) is 0. The van der Waals surface area contributed by atoms with E-state index in [1.54, 1.807) is 0 Å². The minimum atomic E-state index is -0.358. The summed E-state index contributed by atoms with van der Waals surface area (Å²) in [6.45, 7) is 5.06. The topological polar surface area (TPSA) is 41.5 Å². The van der Waals surface area contributed by atoms with Crippen molar-refractivity contribution >= 4 is 0 Å². The third-order valence-corrected chi connectivity index (χ3v) is 2.37. The van der Waals surface area contributed by atoms with Gasteiger partial charge in [-0.05, 0) is 26.7 Å². The van der Waals surface area contributed by atoms with Gasteiger partial charge in [0.05, 0.1) is 18.8 Å². The van der Waals surface area contributed by atoms with Gasteiger partial charge in [-0.15, -0.1) is 0 Å². The van der Waals surface area contributed by atoms with Crippen LogP contribution in [0.2, 0.25) is 0 Å². The quantitative estimate of drug-likeness (QED) is 0.649. The minimum Gasteiger partial charge on any atom is -0.389 e. The molecule has 1 aliphatic carbocycles. The summed E-state index contributed by atoms with van der Waals surface area (Å²) in [5, 5.41) is 12.8. The molecule has 3 nitrogen and oxygen atoms in total. The molecule has 13 heavy (non-hydrogen) atoms. The van der Waals surface area contributed by atoms with Gasteiger partial charge in [-0.2, -0.15) is 0 Å². The summed E-state index contributed by atoms with van der Waals surface area (Å²) in [7, 11) is 0. The van der Waals surface area contributed by atoms with Gasteiger partial charge >= 0.3 is 0 Å². The molecular weight excluding hydrogens is 166 g/mol. The number of hydrogen-bond donors (Lipinski definition) is 2. The predicted octanol–water partition coefficient (Wildman–Crippen LogP) is 0.914. The van der Waals surface area contributed by atoms with E-state index in [0.717, 1.165) is 0 Å². The van der Waals surface area contributed by atoms with Crippen LogP contribution in [-0.4, -0.2) is 36.5 Å². The standard InChI is InChI=1S/C10H21NO2/c1-8(2)13-7-10(12)6-11-9-4-3-5-9/h8-12H,3-7H2,1-2H3. The van der Waals surface area contributed by atoms with Crippen LogP contribution in [0.5, 0.6) is 0 Å². The number of nitrogens with one attached hydrogen (secondary N) is 1. The zero-order chi connectivity index (χ0) is 9.68. The summed E-state index contributed by atoms with van der Waals surface area (Å²) >= 11 is 0. The Bertz CT molecular complexity index is 135. The van der Waals surface area contributed by atoms with Gasteiger partial charge in [-0.1, -0.05) is 6.42 Å². The molecule has 0 heterocycles. The fourth-order valence-electron chi connectivity index (χ4n) is 1.28. The van der Waals surface area contributed by atoms with Gasteiger partial charge in [0.15, 0.2) is 0 Å². The van der Waals surface area contributed by atoms with Crippen molar-refractivity contribution < 1.29 is 9.84 Å². The van der Waals surface area contributed by atoms with E-state index < -0.39 is 0 Å². The largest absolute Gasteiger partial charge is 0.389 e. The van der Waals surface area contributed by atoms with Gasteiger partial charge in [-0.3, -0.25) is 0 Å². The minimum absolute atomic E-state index is 0.207. The van der Waals surface area contributed by atoms with Gasteiger partial charge in [-0.25, -0.2) is 0 Å². The van der Waals surface area contributed by atoms with E-state index in [2.05, 4.69) is 5.32 Å². The average Bonchev–Trinajstić information content (AvgIpc) is 1.98. The zero-order valence-corrected chi connectivity index (χ0v) is 8.62. The van der Waals surface area contributed by atoms with Gasteiger partial charge in [0.2, 0.25) is 0 Å². The molecule has 0 radical (unpaired) electrons. The summed E-state index contributed by atoms with van der Waals surface area (Å²) in [6.07, 6.45) is 3.70. The number of aliphatic hydroxyl groups excluding tert-OH is 1. The van der Waals surface area contributed by atoms with E-state index in [1.165, 1.54) is 19.3 Å². The number of rotatable bonds is 6.